The third kappa shape index (κ3) is 3.66. The summed E-state index contributed by atoms with van der Waals surface area (Å²) in [6.07, 6.45) is -5.63. The van der Waals surface area contributed by atoms with Crippen molar-refractivity contribution >= 4 is 22.3 Å². The lowest BCUT2D eigenvalue weighted by Gasteiger charge is -2.39. The summed E-state index contributed by atoms with van der Waals surface area (Å²) in [5.74, 6) is 0.211. The summed E-state index contributed by atoms with van der Waals surface area (Å²) in [5.41, 5.74) is 1.19. The Morgan fingerprint density at radius 1 is 1.21 bits per heavy atom. The molecule has 5 atom stereocenters. The maximum Gasteiger partial charge on any atom is 0.229 e. The molecule has 1 fully saturated rings. The molecule has 0 aliphatic carbocycles. The second-order valence-corrected chi connectivity index (χ2v) is 7.60. The number of nitrogens with zero attached hydrogens (tertiary/aromatic N) is 1. The van der Waals surface area contributed by atoms with E-state index in [1.54, 1.807) is 0 Å². The summed E-state index contributed by atoms with van der Waals surface area (Å²) in [6, 6.07) is 4.47. The van der Waals surface area contributed by atoms with Crippen LogP contribution in [0.5, 0.6) is 5.75 Å². The van der Waals surface area contributed by atoms with Gasteiger partial charge in [0, 0.05) is 17.1 Å². The summed E-state index contributed by atoms with van der Waals surface area (Å²) in [7, 11) is 0. The molecule has 0 unspecified atom stereocenters. The molecule has 0 spiro atoms. The zero-order valence-corrected chi connectivity index (χ0v) is 16.1. The molecule has 1 aliphatic rings. The number of aryl methyl sites for hydroxylation is 1. The first-order valence-electron chi connectivity index (χ1n) is 8.84. The van der Waals surface area contributed by atoms with E-state index in [1.807, 2.05) is 12.3 Å². The molecule has 10 heteroatoms. The smallest absolute Gasteiger partial charge is 0.229 e. The third-order valence-corrected chi connectivity index (χ3v) is 5.69. The van der Waals surface area contributed by atoms with Crippen LogP contribution in [-0.2, 0) is 4.74 Å². The molecule has 0 amide bonds. The van der Waals surface area contributed by atoms with Gasteiger partial charge in [-0.2, -0.15) is 0 Å². The summed E-state index contributed by atoms with van der Waals surface area (Å²) >= 11 is 1.35. The van der Waals surface area contributed by atoms with Gasteiger partial charge in [-0.05, 0) is 19.1 Å². The van der Waals surface area contributed by atoms with Gasteiger partial charge in [0.15, 0.2) is 0 Å². The van der Waals surface area contributed by atoms with Crippen LogP contribution in [-0.4, -0.2) is 62.7 Å². The summed E-state index contributed by atoms with van der Waals surface area (Å²) in [6.45, 7) is 1.28. The highest BCUT2D eigenvalue weighted by molar-refractivity contribution is 7.13. The minimum atomic E-state index is -1.55. The highest BCUT2D eigenvalue weighted by Gasteiger charge is 2.44. The minimum absolute atomic E-state index is 0.211. The Hall–Kier alpha value is -2.34. The van der Waals surface area contributed by atoms with Crippen molar-refractivity contribution in [1.82, 2.24) is 4.98 Å². The van der Waals surface area contributed by atoms with E-state index >= 15 is 0 Å². The average Bonchev–Trinajstić information content (AvgIpc) is 3.14. The highest BCUT2D eigenvalue weighted by Crippen LogP contribution is 2.28. The molecule has 1 saturated heterocycles. The fraction of sp³-hybridized carbons (Fsp3) is 0.368. The van der Waals surface area contributed by atoms with Crippen molar-refractivity contribution in [3.05, 3.63) is 45.8 Å². The van der Waals surface area contributed by atoms with Crippen LogP contribution in [0.2, 0.25) is 0 Å². The van der Waals surface area contributed by atoms with E-state index in [-0.39, 0.29) is 16.8 Å². The zero-order valence-electron chi connectivity index (χ0n) is 15.3. The number of fused-ring (bicyclic) bond motifs is 1. The topological polar surface area (TPSA) is 142 Å². The standard InChI is InChI=1S/C19H19NO8S/c1-8-7-29-18(20-8)11-6-26-12-4-9(2-3-10(12)14(11)22)27-19-17(25)16(24)15(23)13(5-21)28-19/h2-4,6-7,13,15-17,19,21,23-25H,5H2,1H3/t13-,15-,16-,17-,19+/m1/s1. The minimum Gasteiger partial charge on any atom is -0.463 e. The molecule has 0 saturated carbocycles. The van der Waals surface area contributed by atoms with Crippen molar-refractivity contribution in [2.45, 2.75) is 37.6 Å². The van der Waals surface area contributed by atoms with Gasteiger partial charge in [-0.1, -0.05) is 0 Å². The normalized spacial score (nSPS) is 27.3. The van der Waals surface area contributed by atoms with Gasteiger partial charge in [0.1, 0.15) is 47.0 Å². The predicted octanol–water partition coefficient (Wildman–Crippen LogP) is 0.404. The molecule has 154 valence electrons. The summed E-state index contributed by atoms with van der Waals surface area (Å²) in [4.78, 5) is 17.1. The number of ether oxygens (including phenoxy) is 2. The first-order valence-corrected chi connectivity index (χ1v) is 9.72. The Kier molecular flexibility index (Phi) is 5.38. The molecule has 1 aliphatic heterocycles. The van der Waals surface area contributed by atoms with Crippen molar-refractivity contribution in [2.75, 3.05) is 6.61 Å². The molecule has 29 heavy (non-hydrogen) atoms. The number of thiazole rings is 1. The molecule has 3 heterocycles. The van der Waals surface area contributed by atoms with Crippen LogP contribution in [0.1, 0.15) is 5.69 Å². The van der Waals surface area contributed by atoms with Gasteiger partial charge in [-0.15, -0.1) is 11.3 Å². The van der Waals surface area contributed by atoms with Crippen LogP contribution in [0.15, 0.2) is 39.1 Å². The van der Waals surface area contributed by atoms with E-state index < -0.39 is 37.3 Å². The predicted molar refractivity (Wildman–Crippen MR) is 103 cm³/mol. The fourth-order valence-electron chi connectivity index (χ4n) is 3.11. The van der Waals surface area contributed by atoms with E-state index in [0.717, 1.165) is 5.69 Å². The largest absolute Gasteiger partial charge is 0.463 e. The monoisotopic (exact) mass is 421 g/mol. The van der Waals surface area contributed by atoms with Crippen molar-refractivity contribution in [1.29, 1.82) is 0 Å². The van der Waals surface area contributed by atoms with Gasteiger partial charge in [-0.25, -0.2) is 4.98 Å². The third-order valence-electron chi connectivity index (χ3n) is 4.70. The van der Waals surface area contributed by atoms with Crippen molar-refractivity contribution in [3.8, 4) is 16.3 Å². The second-order valence-electron chi connectivity index (χ2n) is 6.75. The Labute approximate surface area is 168 Å². The lowest BCUT2D eigenvalue weighted by molar-refractivity contribution is -0.277. The van der Waals surface area contributed by atoms with Gasteiger partial charge < -0.3 is 34.3 Å². The average molecular weight is 421 g/mol. The lowest BCUT2D eigenvalue weighted by atomic mass is 9.99. The number of hydrogen-bond donors (Lipinski definition) is 4. The molecule has 4 rings (SSSR count). The van der Waals surface area contributed by atoms with Gasteiger partial charge in [-0.3, -0.25) is 4.79 Å². The Bertz CT molecular complexity index is 1080. The molecule has 1 aromatic carbocycles. The molecule has 4 N–H and O–H groups in total. The van der Waals surface area contributed by atoms with Crippen LogP contribution in [0.25, 0.3) is 21.5 Å². The molecular formula is C19H19NO8S. The highest BCUT2D eigenvalue weighted by atomic mass is 32.1. The quantitative estimate of drug-likeness (QED) is 0.471. The number of aromatic nitrogens is 1. The zero-order chi connectivity index (χ0) is 20.7. The van der Waals surface area contributed by atoms with E-state index in [9.17, 15) is 25.2 Å². The molecular weight excluding hydrogens is 402 g/mol. The maximum atomic E-state index is 12.8. The van der Waals surface area contributed by atoms with E-state index in [1.165, 1.54) is 35.8 Å². The number of hydrogen-bond acceptors (Lipinski definition) is 10. The molecule has 0 bridgehead atoms. The maximum absolute atomic E-state index is 12.8. The number of aliphatic hydroxyl groups excluding tert-OH is 4. The van der Waals surface area contributed by atoms with Crippen molar-refractivity contribution < 1.29 is 34.3 Å². The van der Waals surface area contributed by atoms with Crippen LogP contribution >= 0.6 is 11.3 Å². The Morgan fingerprint density at radius 3 is 2.69 bits per heavy atom. The lowest BCUT2D eigenvalue weighted by Crippen LogP contribution is -2.60. The van der Waals surface area contributed by atoms with Crippen LogP contribution in [0.4, 0.5) is 0 Å². The molecule has 9 nitrogen and oxygen atoms in total. The van der Waals surface area contributed by atoms with Gasteiger partial charge in [0.25, 0.3) is 0 Å². The van der Waals surface area contributed by atoms with Gasteiger partial charge in [0.05, 0.1) is 17.6 Å². The summed E-state index contributed by atoms with van der Waals surface area (Å²) < 4.78 is 16.5. The molecule has 3 aromatic rings. The Morgan fingerprint density at radius 2 is 2.00 bits per heavy atom. The number of benzene rings is 1. The second kappa shape index (κ2) is 7.82. The van der Waals surface area contributed by atoms with E-state index in [4.69, 9.17) is 13.9 Å². The summed E-state index contributed by atoms with van der Waals surface area (Å²) in [5, 5.41) is 41.8. The number of aliphatic hydroxyl groups is 4. The fourth-order valence-corrected chi connectivity index (χ4v) is 3.91. The Balaban J connectivity index is 1.62. The van der Waals surface area contributed by atoms with Crippen molar-refractivity contribution in [2.24, 2.45) is 0 Å². The van der Waals surface area contributed by atoms with E-state index in [2.05, 4.69) is 4.98 Å². The van der Waals surface area contributed by atoms with Crippen molar-refractivity contribution in [3.63, 3.8) is 0 Å². The SMILES string of the molecule is Cc1csc(-c2coc3cc(O[C@H]4O[C@H](CO)[C@@H](O)[C@@H](O)[C@H]4O)ccc3c2=O)n1. The van der Waals surface area contributed by atoms with E-state index in [0.29, 0.717) is 16.0 Å². The molecule has 2 aromatic heterocycles. The first-order chi connectivity index (χ1) is 13.9. The molecule has 0 radical (unpaired) electrons. The first kappa shape index (κ1) is 20.0. The van der Waals surface area contributed by atoms with Crippen LogP contribution < -0.4 is 10.2 Å². The number of rotatable bonds is 4. The van der Waals surface area contributed by atoms with Crippen LogP contribution in [0, 0.1) is 6.92 Å². The van der Waals surface area contributed by atoms with Gasteiger partial charge in [0.2, 0.25) is 11.7 Å². The van der Waals surface area contributed by atoms with Crippen LogP contribution in [0.3, 0.4) is 0 Å². The van der Waals surface area contributed by atoms with Gasteiger partial charge >= 0.3 is 0 Å².